The maximum Gasteiger partial charge on any atom is 0.124 e. The zero-order valence-electron chi connectivity index (χ0n) is 9.99. The molecule has 0 fully saturated rings. The Kier molecular flexibility index (Phi) is 4.15. The van der Waals surface area contributed by atoms with E-state index in [0.717, 1.165) is 11.3 Å². The number of hydrogen-bond donors (Lipinski definition) is 2. The SMILES string of the molecule is COc1ccc(OC)c(C(C)(N)CCO)c1. The lowest BCUT2D eigenvalue weighted by molar-refractivity contribution is 0.244. The van der Waals surface area contributed by atoms with Gasteiger partial charge in [-0.25, -0.2) is 0 Å². The van der Waals surface area contributed by atoms with E-state index in [1.807, 2.05) is 25.1 Å². The molecule has 0 aromatic heterocycles. The molecule has 4 nitrogen and oxygen atoms in total. The van der Waals surface area contributed by atoms with Crippen LogP contribution in [0.15, 0.2) is 18.2 Å². The molecule has 4 heteroatoms. The molecule has 16 heavy (non-hydrogen) atoms. The molecule has 1 rings (SSSR count). The van der Waals surface area contributed by atoms with Crippen molar-refractivity contribution in [2.75, 3.05) is 20.8 Å². The highest BCUT2D eigenvalue weighted by Crippen LogP contribution is 2.33. The number of benzene rings is 1. The van der Waals surface area contributed by atoms with Crippen LogP contribution in [0.4, 0.5) is 0 Å². The van der Waals surface area contributed by atoms with E-state index in [1.54, 1.807) is 14.2 Å². The zero-order chi connectivity index (χ0) is 12.2. The summed E-state index contributed by atoms with van der Waals surface area (Å²) in [5.74, 6) is 1.43. The topological polar surface area (TPSA) is 64.7 Å². The highest BCUT2D eigenvalue weighted by Gasteiger charge is 2.25. The summed E-state index contributed by atoms with van der Waals surface area (Å²) in [7, 11) is 3.20. The third-order valence-electron chi connectivity index (χ3n) is 2.65. The van der Waals surface area contributed by atoms with Crippen LogP contribution in [0.1, 0.15) is 18.9 Å². The van der Waals surface area contributed by atoms with Gasteiger partial charge in [0.1, 0.15) is 11.5 Å². The van der Waals surface area contributed by atoms with Crippen LogP contribution in [-0.4, -0.2) is 25.9 Å². The van der Waals surface area contributed by atoms with Gasteiger partial charge < -0.3 is 20.3 Å². The first kappa shape index (κ1) is 12.8. The summed E-state index contributed by atoms with van der Waals surface area (Å²) >= 11 is 0. The number of aliphatic hydroxyl groups is 1. The average Bonchev–Trinajstić information content (AvgIpc) is 2.28. The highest BCUT2D eigenvalue weighted by molar-refractivity contribution is 5.44. The van der Waals surface area contributed by atoms with E-state index in [-0.39, 0.29) is 6.61 Å². The normalized spacial score (nSPS) is 14.3. The minimum absolute atomic E-state index is 0.0351. The summed E-state index contributed by atoms with van der Waals surface area (Å²) in [4.78, 5) is 0. The van der Waals surface area contributed by atoms with Gasteiger partial charge in [-0.2, -0.15) is 0 Å². The molecular weight excluding hydrogens is 206 g/mol. The molecule has 0 saturated heterocycles. The third kappa shape index (κ3) is 2.65. The maximum absolute atomic E-state index is 9.00. The Morgan fingerprint density at radius 3 is 2.50 bits per heavy atom. The predicted octanol–water partition coefficient (Wildman–Crippen LogP) is 1.26. The van der Waals surface area contributed by atoms with Gasteiger partial charge in [-0.15, -0.1) is 0 Å². The molecule has 0 heterocycles. The van der Waals surface area contributed by atoms with E-state index in [9.17, 15) is 0 Å². The van der Waals surface area contributed by atoms with Crippen molar-refractivity contribution in [3.63, 3.8) is 0 Å². The second kappa shape index (κ2) is 5.18. The molecule has 1 aromatic carbocycles. The van der Waals surface area contributed by atoms with Crippen LogP contribution in [-0.2, 0) is 5.54 Å². The van der Waals surface area contributed by atoms with Crippen molar-refractivity contribution in [3.05, 3.63) is 23.8 Å². The fraction of sp³-hybridized carbons (Fsp3) is 0.500. The molecule has 0 aliphatic rings. The molecule has 0 saturated carbocycles. The summed E-state index contributed by atoms with van der Waals surface area (Å²) in [6, 6.07) is 5.47. The van der Waals surface area contributed by atoms with Gasteiger partial charge >= 0.3 is 0 Å². The maximum atomic E-state index is 9.00. The van der Waals surface area contributed by atoms with Gasteiger partial charge in [-0.05, 0) is 31.5 Å². The number of methoxy groups -OCH3 is 2. The highest BCUT2D eigenvalue weighted by atomic mass is 16.5. The van der Waals surface area contributed by atoms with E-state index in [4.69, 9.17) is 20.3 Å². The van der Waals surface area contributed by atoms with E-state index >= 15 is 0 Å². The number of hydrogen-bond acceptors (Lipinski definition) is 4. The van der Waals surface area contributed by atoms with E-state index in [2.05, 4.69) is 0 Å². The van der Waals surface area contributed by atoms with Gasteiger partial charge in [0.15, 0.2) is 0 Å². The Labute approximate surface area is 96.0 Å². The van der Waals surface area contributed by atoms with Crippen LogP contribution in [0.25, 0.3) is 0 Å². The Bertz CT molecular complexity index is 350. The van der Waals surface area contributed by atoms with E-state index in [0.29, 0.717) is 12.2 Å². The Hall–Kier alpha value is -1.26. The minimum atomic E-state index is -0.630. The molecule has 1 unspecified atom stereocenters. The number of nitrogens with two attached hydrogens (primary N) is 1. The first-order chi connectivity index (χ1) is 7.55. The van der Waals surface area contributed by atoms with Crippen LogP contribution in [0.3, 0.4) is 0 Å². The monoisotopic (exact) mass is 225 g/mol. The standard InChI is InChI=1S/C12H19NO3/c1-12(13,6-7-14)10-8-9(15-2)4-5-11(10)16-3/h4-5,8,14H,6-7,13H2,1-3H3. The molecule has 0 amide bonds. The molecule has 0 aliphatic carbocycles. The second-order valence-corrected chi connectivity index (χ2v) is 3.96. The minimum Gasteiger partial charge on any atom is -0.497 e. The number of aliphatic hydroxyl groups excluding tert-OH is 1. The van der Waals surface area contributed by atoms with Crippen molar-refractivity contribution in [1.29, 1.82) is 0 Å². The predicted molar refractivity (Wildman–Crippen MR) is 62.8 cm³/mol. The van der Waals surface area contributed by atoms with Crippen molar-refractivity contribution in [3.8, 4) is 11.5 Å². The largest absolute Gasteiger partial charge is 0.497 e. The van der Waals surface area contributed by atoms with Crippen molar-refractivity contribution >= 4 is 0 Å². The Morgan fingerprint density at radius 1 is 1.31 bits per heavy atom. The Morgan fingerprint density at radius 2 is 2.00 bits per heavy atom. The zero-order valence-corrected chi connectivity index (χ0v) is 9.99. The van der Waals surface area contributed by atoms with Crippen LogP contribution in [0.2, 0.25) is 0 Å². The molecule has 0 radical (unpaired) electrons. The van der Waals surface area contributed by atoms with E-state index in [1.165, 1.54) is 0 Å². The number of rotatable bonds is 5. The van der Waals surface area contributed by atoms with Crippen molar-refractivity contribution in [2.45, 2.75) is 18.9 Å². The summed E-state index contributed by atoms with van der Waals surface area (Å²) in [6.07, 6.45) is 0.469. The Balaban J connectivity index is 3.17. The second-order valence-electron chi connectivity index (χ2n) is 3.96. The summed E-state index contributed by atoms with van der Waals surface area (Å²) in [5.41, 5.74) is 6.36. The van der Waals surface area contributed by atoms with Crippen molar-refractivity contribution in [1.82, 2.24) is 0 Å². The van der Waals surface area contributed by atoms with Gasteiger partial charge in [0.2, 0.25) is 0 Å². The molecule has 0 bridgehead atoms. The van der Waals surface area contributed by atoms with Crippen molar-refractivity contribution < 1.29 is 14.6 Å². The summed E-state index contributed by atoms with van der Waals surface area (Å²) in [5, 5.41) is 9.00. The third-order valence-corrected chi connectivity index (χ3v) is 2.65. The number of ether oxygens (including phenoxy) is 2. The molecule has 0 spiro atoms. The quantitative estimate of drug-likeness (QED) is 0.791. The molecular formula is C12H19NO3. The summed E-state index contributed by atoms with van der Waals surface area (Å²) in [6.45, 7) is 1.90. The summed E-state index contributed by atoms with van der Waals surface area (Å²) < 4.78 is 10.4. The van der Waals surface area contributed by atoms with Gasteiger partial charge in [0, 0.05) is 17.7 Å². The molecule has 1 atom stereocenters. The van der Waals surface area contributed by atoms with Gasteiger partial charge in [-0.3, -0.25) is 0 Å². The molecule has 3 N–H and O–H groups in total. The molecule has 90 valence electrons. The van der Waals surface area contributed by atoms with Crippen molar-refractivity contribution in [2.24, 2.45) is 5.73 Å². The van der Waals surface area contributed by atoms with Gasteiger partial charge in [0.25, 0.3) is 0 Å². The van der Waals surface area contributed by atoms with Crippen LogP contribution in [0.5, 0.6) is 11.5 Å². The molecule has 0 aliphatic heterocycles. The van der Waals surface area contributed by atoms with Crippen LogP contribution >= 0.6 is 0 Å². The van der Waals surface area contributed by atoms with Crippen LogP contribution in [0, 0.1) is 0 Å². The van der Waals surface area contributed by atoms with Gasteiger partial charge in [-0.1, -0.05) is 0 Å². The van der Waals surface area contributed by atoms with E-state index < -0.39 is 5.54 Å². The first-order valence-corrected chi connectivity index (χ1v) is 5.17. The fourth-order valence-corrected chi connectivity index (χ4v) is 1.63. The van der Waals surface area contributed by atoms with Gasteiger partial charge in [0.05, 0.1) is 14.2 Å². The first-order valence-electron chi connectivity index (χ1n) is 5.17. The average molecular weight is 225 g/mol. The lowest BCUT2D eigenvalue weighted by Gasteiger charge is -2.26. The fourth-order valence-electron chi connectivity index (χ4n) is 1.63. The lowest BCUT2D eigenvalue weighted by atomic mass is 9.89. The molecule has 1 aromatic rings. The lowest BCUT2D eigenvalue weighted by Crippen LogP contribution is -2.34. The smallest absolute Gasteiger partial charge is 0.124 e. The van der Waals surface area contributed by atoms with Crippen LogP contribution < -0.4 is 15.2 Å².